The standard InChI is InChI=1S/C7H8O3S/c1-6-3-2-4-7(5-6)10-11(8)9/h2-5,11H,1H3. The zero-order valence-corrected chi connectivity index (χ0v) is 6.88. The maximum absolute atomic E-state index is 10.1. The molecule has 60 valence electrons. The fourth-order valence-electron chi connectivity index (χ4n) is 0.758. The Balaban J connectivity index is 2.87. The van der Waals surface area contributed by atoms with E-state index in [1.165, 1.54) is 0 Å². The van der Waals surface area contributed by atoms with Gasteiger partial charge in [0.15, 0.2) is 0 Å². The van der Waals surface area contributed by atoms with Crippen LogP contribution in [0.2, 0.25) is 0 Å². The summed E-state index contributed by atoms with van der Waals surface area (Å²) in [5, 5.41) is 0. The molecule has 0 spiro atoms. The summed E-state index contributed by atoms with van der Waals surface area (Å²) in [5.74, 6) is 0.362. The first-order valence-corrected chi connectivity index (χ1v) is 4.17. The molecular weight excluding hydrogens is 164 g/mol. The van der Waals surface area contributed by atoms with E-state index in [1.54, 1.807) is 18.2 Å². The third-order valence-electron chi connectivity index (χ3n) is 1.17. The Bertz CT molecular complexity index is 309. The molecule has 0 saturated carbocycles. The van der Waals surface area contributed by atoms with Gasteiger partial charge in [-0.25, -0.2) is 0 Å². The third kappa shape index (κ3) is 2.59. The molecule has 11 heavy (non-hydrogen) atoms. The van der Waals surface area contributed by atoms with Crippen LogP contribution in [0.1, 0.15) is 5.56 Å². The second-order valence-corrected chi connectivity index (χ2v) is 2.76. The Kier molecular flexibility index (Phi) is 2.48. The van der Waals surface area contributed by atoms with Gasteiger partial charge in [0.05, 0.1) is 0 Å². The minimum Gasteiger partial charge on any atom is -0.384 e. The highest BCUT2D eigenvalue weighted by Gasteiger charge is 1.92. The normalized spacial score (nSPS) is 10.0. The summed E-state index contributed by atoms with van der Waals surface area (Å²) >= 11 is 0. The Morgan fingerprint density at radius 1 is 1.36 bits per heavy atom. The number of benzene rings is 1. The SMILES string of the molecule is Cc1cccc(O[SH](=O)=O)c1. The fraction of sp³-hybridized carbons (Fsp3) is 0.143. The second-order valence-electron chi connectivity index (χ2n) is 2.13. The van der Waals surface area contributed by atoms with Crippen molar-refractivity contribution in [2.24, 2.45) is 0 Å². The quantitative estimate of drug-likeness (QED) is 0.674. The van der Waals surface area contributed by atoms with E-state index in [9.17, 15) is 8.42 Å². The first kappa shape index (κ1) is 8.07. The Morgan fingerprint density at radius 2 is 2.09 bits per heavy atom. The molecule has 0 N–H and O–H groups in total. The smallest absolute Gasteiger partial charge is 0.299 e. The average molecular weight is 172 g/mol. The maximum Gasteiger partial charge on any atom is 0.299 e. The minimum absolute atomic E-state index is 0.362. The van der Waals surface area contributed by atoms with Gasteiger partial charge in [0, 0.05) is 0 Å². The molecule has 1 rings (SSSR count). The molecule has 0 saturated heterocycles. The molecule has 0 radical (unpaired) electrons. The molecule has 0 aliphatic carbocycles. The van der Waals surface area contributed by atoms with Crippen LogP contribution in [0.4, 0.5) is 0 Å². The van der Waals surface area contributed by atoms with E-state index in [1.807, 2.05) is 13.0 Å². The van der Waals surface area contributed by atoms with E-state index < -0.39 is 11.0 Å². The van der Waals surface area contributed by atoms with Gasteiger partial charge in [-0.15, -0.1) is 0 Å². The van der Waals surface area contributed by atoms with Gasteiger partial charge in [0.2, 0.25) is 0 Å². The molecule has 0 amide bonds. The zero-order valence-electron chi connectivity index (χ0n) is 5.98. The van der Waals surface area contributed by atoms with Crippen molar-refractivity contribution in [1.29, 1.82) is 0 Å². The lowest BCUT2D eigenvalue weighted by Gasteiger charge is -1.96. The molecule has 3 nitrogen and oxygen atoms in total. The lowest BCUT2D eigenvalue weighted by Crippen LogP contribution is -1.89. The van der Waals surface area contributed by atoms with Gasteiger partial charge >= 0.3 is 0 Å². The summed E-state index contributed by atoms with van der Waals surface area (Å²) < 4.78 is 24.6. The van der Waals surface area contributed by atoms with Crippen LogP contribution in [-0.2, 0) is 11.0 Å². The van der Waals surface area contributed by atoms with Crippen molar-refractivity contribution in [3.63, 3.8) is 0 Å². The van der Waals surface area contributed by atoms with E-state index in [0.29, 0.717) is 5.75 Å². The van der Waals surface area contributed by atoms with Crippen LogP contribution in [0.3, 0.4) is 0 Å². The van der Waals surface area contributed by atoms with Crippen molar-refractivity contribution in [3.8, 4) is 5.75 Å². The van der Waals surface area contributed by atoms with Crippen LogP contribution in [0.15, 0.2) is 24.3 Å². The molecule has 1 aromatic rings. The van der Waals surface area contributed by atoms with E-state index in [2.05, 4.69) is 4.18 Å². The molecule has 0 aliphatic rings. The highest BCUT2D eigenvalue weighted by atomic mass is 32.2. The van der Waals surface area contributed by atoms with Crippen molar-refractivity contribution in [1.82, 2.24) is 0 Å². The second kappa shape index (κ2) is 3.39. The molecule has 0 heterocycles. The highest BCUT2D eigenvalue weighted by Crippen LogP contribution is 2.11. The monoisotopic (exact) mass is 172 g/mol. The minimum atomic E-state index is -2.79. The average Bonchev–Trinajstić information content (AvgIpc) is 1.85. The topological polar surface area (TPSA) is 43.4 Å². The van der Waals surface area contributed by atoms with Crippen LogP contribution < -0.4 is 4.18 Å². The molecule has 1 aromatic carbocycles. The van der Waals surface area contributed by atoms with Crippen molar-refractivity contribution in [3.05, 3.63) is 29.8 Å². The van der Waals surface area contributed by atoms with Crippen LogP contribution in [-0.4, -0.2) is 8.42 Å². The molecule has 4 heteroatoms. The Labute approximate surface area is 66.8 Å². The molecule has 0 unspecified atom stereocenters. The van der Waals surface area contributed by atoms with E-state index in [-0.39, 0.29) is 0 Å². The van der Waals surface area contributed by atoms with Gasteiger partial charge in [-0.1, -0.05) is 12.1 Å². The fourth-order valence-corrected chi connectivity index (χ4v) is 1.04. The van der Waals surface area contributed by atoms with E-state index >= 15 is 0 Å². The van der Waals surface area contributed by atoms with Gasteiger partial charge in [0.1, 0.15) is 5.75 Å². The number of thiol groups is 1. The van der Waals surface area contributed by atoms with Crippen LogP contribution in [0, 0.1) is 6.92 Å². The Morgan fingerprint density at radius 3 is 2.64 bits per heavy atom. The number of aryl methyl sites for hydroxylation is 1. The molecule has 0 aliphatic heterocycles. The lowest BCUT2D eigenvalue weighted by atomic mass is 10.2. The molecule has 0 atom stereocenters. The van der Waals surface area contributed by atoms with Crippen molar-refractivity contribution < 1.29 is 12.6 Å². The molecule has 0 fully saturated rings. The van der Waals surface area contributed by atoms with Gasteiger partial charge < -0.3 is 4.18 Å². The largest absolute Gasteiger partial charge is 0.384 e. The maximum atomic E-state index is 10.1. The van der Waals surface area contributed by atoms with E-state index in [4.69, 9.17) is 0 Å². The highest BCUT2D eigenvalue weighted by molar-refractivity contribution is 7.67. The summed E-state index contributed by atoms with van der Waals surface area (Å²) in [6.45, 7) is 1.87. The first-order chi connectivity index (χ1) is 5.18. The first-order valence-electron chi connectivity index (χ1n) is 3.07. The molecule has 0 aromatic heterocycles. The van der Waals surface area contributed by atoms with E-state index in [0.717, 1.165) is 5.56 Å². The van der Waals surface area contributed by atoms with Gasteiger partial charge in [-0.3, -0.25) is 0 Å². The molecule has 0 bridgehead atoms. The number of hydrogen-bond donors (Lipinski definition) is 1. The Hall–Kier alpha value is -1.03. The summed E-state index contributed by atoms with van der Waals surface area (Å²) in [5.41, 5.74) is 0.972. The van der Waals surface area contributed by atoms with Crippen LogP contribution in [0.25, 0.3) is 0 Å². The zero-order chi connectivity index (χ0) is 8.27. The predicted octanol–water partition coefficient (Wildman–Crippen LogP) is 0.900. The lowest BCUT2D eigenvalue weighted by molar-refractivity contribution is 0.510. The van der Waals surface area contributed by atoms with Crippen molar-refractivity contribution in [2.45, 2.75) is 6.92 Å². The molecular formula is C7H8O3S. The number of hydrogen-bond acceptors (Lipinski definition) is 3. The van der Waals surface area contributed by atoms with Gasteiger partial charge in [-0.2, -0.15) is 8.42 Å². The summed E-state index contributed by atoms with van der Waals surface area (Å²) in [4.78, 5) is 0. The van der Waals surface area contributed by atoms with Crippen LogP contribution >= 0.6 is 0 Å². The predicted molar refractivity (Wildman–Crippen MR) is 42.1 cm³/mol. The van der Waals surface area contributed by atoms with Crippen LogP contribution in [0.5, 0.6) is 5.75 Å². The summed E-state index contributed by atoms with van der Waals surface area (Å²) in [6.07, 6.45) is 0. The van der Waals surface area contributed by atoms with Crippen molar-refractivity contribution in [2.75, 3.05) is 0 Å². The third-order valence-corrected chi connectivity index (χ3v) is 1.53. The van der Waals surface area contributed by atoms with Gasteiger partial charge in [-0.05, 0) is 24.6 Å². The number of rotatable bonds is 2. The summed E-state index contributed by atoms with van der Waals surface area (Å²) in [6, 6.07) is 6.86. The summed E-state index contributed by atoms with van der Waals surface area (Å²) in [7, 11) is -2.79. The van der Waals surface area contributed by atoms with Crippen molar-refractivity contribution >= 4 is 11.0 Å². The van der Waals surface area contributed by atoms with Gasteiger partial charge in [0.25, 0.3) is 11.0 Å².